The maximum absolute atomic E-state index is 13.6. The number of hydrogen-bond donors (Lipinski definition) is 2. The van der Waals surface area contributed by atoms with Gasteiger partial charge in [0.05, 0.1) is 18.9 Å². The van der Waals surface area contributed by atoms with E-state index in [4.69, 9.17) is 9.72 Å². The average Bonchev–Trinajstić information content (AvgIpc) is 3.59. The van der Waals surface area contributed by atoms with Crippen LogP contribution < -0.4 is 15.5 Å². The van der Waals surface area contributed by atoms with Crippen molar-refractivity contribution >= 4 is 34.6 Å². The molecule has 232 valence electrons. The third-order valence-corrected chi connectivity index (χ3v) is 9.83. The second kappa shape index (κ2) is 14.0. The van der Waals surface area contributed by atoms with E-state index >= 15 is 0 Å². The Labute approximate surface area is 262 Å². The van der Waals surface area contributed by atoms with E-state index in [1.54, 1.807) is 23.5 Å². The molecule has 2 saturated heterocycles. The van der Waals surface area contributed by atoms with Crippen LogP contribution in [-0.4, -0.2) is 91.1 Å². The smallest absolute Gasteiger partial charge is 0.252 e. The monoisotopic (exact) mass is 616 g/mol. The van der Waals surface area contributed by atoms with Crippen LogP contribution in [0.25, 0.3) is 11.3 Å². The molecule has 0 spiro atoms. The normalized spacial score (nSPS) is 20.0. The van der Waals surface area contributed by atoms with Gasteiger partial charge in [0.2, 0.25) is 5.91 Å². The van der Waals surface area contributed by atoms with Gasteiger partial charge in [-0.2, -0.15) is 0 Å². The quantitative estimate of drug-likeness (QED) is 0.351. The summed E-state index contributed by atoms with van der Waals surface area (Å²) in [7, 11) is 0. The van der Waals surface area contributed by atoms with Crippen molar-refractivity contribution in [1.29, 1.82) is 0 Å². The van der Waals surface area contributed by atoms with E-state index in [2.05, 4.69) is 30.9 Å². The van der Waals surface area contributed by atoms with Crippen molar-refractivity contribution in [3.8, 4) is 11.3 Å². The lowest BCUT2D eigenvalue weighted by Gasteiger charge is -2.42. The van der Waals surface area contributed by atoms with Crippen molar-refractivity contribution in [2.75, 3.05) is 57.4 Å². The van der Waals surface area contributed by atoms with Crippen molar-refractivity contribution in [3.63, 3.8) is 0 Å². The number of anilines is 1. The fourth-order valence-electron chi connectivity index (χ4n) is 6.33. The Morgan fingerprint density at radius 2 is 1.57 bits per heavy atom. The van der Waals surface area contributed by atoms with Gasteiger partial charge in [-0.15, -0.1) is 11.3 Å². The number of amides is 2. The Morgan fingerprint density at radius 3 is 2.25 bits per heavy atom. The lowest BCUT2D eigenvalue weighted by molar-refractivity contribution is -0.131. The largest absolute Gasteiger partial charge is 0.379 e. The Kier molecular flexibility index (Phi) is 9.66. The SMILES string of the molecule is O=C[C@@H](NC(=O)C1(NC(=O)c2ccc(-c3csc(N4CCN(N5CCOCC5)CC4)n3)cc2)CCCCC1)c1ccccc1. The van der Waals surface area contributed by atoms with Crippen LogP contribution in [0, 0.1) is 0 Å². The fraction of sp³-hybridized carbons (Fsp3) is 0.455. The molecule has 10 nitrogen and oxygen atoms in total. The molecule has 1 saturated carbocycles. The van der Waals surface area contributed by atoms with Gasteiger partial charge >= 0.3 is 0 Å². The molecule has 0 bridgehead atoms. The Balaban J connectivity index is 1.08. The minimum absolute atomic E-state index is 0.298. The van der Waals surface area contributed by atoms with Gasteiger partial charge in [0, 0.05) is 55.8 Å². The molecular weight excluding hydrogens is 576 g/mol. The van der Waals surface area contributed by atoms with E-state index < -0.39 is 11.6 Å². The average molecular weight is 617 g/mol. The summed E-state index contributed by atoms with van der Waals surface area (Å²) < 4.78 is 5.49. The minimum atomic E-state index is -1.06. The molecule has 3 heterocycles. The fourth-order valence-corrected chi connectivity index (χ4v) is 7.22. The first kappa shape index (κ1) is 30.4. The van der Waals surface area contributed by atoms with Gasteiger partial charge in [-0.1, -0.05) is 61.7 Å². The second-order valence-corrected chi connectivity index (χ2v) is 12.5. The first-order chi connectivity index (χ1) is 21.5. The molecule has 0 unspecified atom stereocenters. The Hall–Kier alpha value is -3.64. The number of rotatable bonds is 9. The summed E-state index contributed by atoms with van der Waals surface area (Å²) in [5.74, 6) is -0.614. The molecule has 1 atom stereocenters. The molecule has 2 aromatic carbocycles. The van der Waals surface area contributed by atoms with Crippen LogP contribution in [0.4, 0.5) is 5.13 Å². The van der Waals surface area contributed by atoms with Crippen LogP contribution >= 0.6 is 11.3 Å². The number of thiazole rings is 1. The highest BCUT2D eigenvalue weighted by Gasteiger charge is 2.42. The van der Waals surface area contributed by atoms with Crippen LogP contribution in [0.5, 0.6) is 0 Å². The second-order valence-electron chi connectivity index (χ2n) is 11.7. The van der Waals surface area contributed by atoms with Gasteiger partial charge in [-0.3, -0.25) is 9.59 Å². The summed E-state index contributed by atoms with van der Waals surface area (Å²) in [6, 6.07) is 15.8. The van der Waals surface area contributed by atoms with Crippen LogP contribution in [-0.2, 0) is 14.3 Å². The topological polar surface area (TPSA) is 107 Å². The number of nitrogens with zero attached hydrogens (tertiary/aromatic N) is 4. The molecule has 3 aromatic rings. The van der Waals surface area contributed by atoms with Crippen LogP contribution in [0.3, 0.4) is 0 Å². The molecule has 0 radical (unpaired) electrons. The van der Waals surface area contributed by atoms with Crippen LogP contribution in [0.1, 0.15) is 54.1 Å². The van der Waals surface area contributed by atoms with Gasteiger partial charge in [0.25, 0.3) is 5.91 Å². The van der Waals surface area contributed by atoms with Crippen LogP contribution in [0.2, 0.25) is 0 Å². The first-order valence-corrected chi connectivity index (χ1v) is 16.4. The Bertz CT molecular complexity index is 1410. The van der Waals surface area contributed by atoms with Gasteiger partial charge in [0.1, 0.15) is 17.9 Å². The number of aldehydes is 1. The molecule has 1 aliphatic carbocycles. The zero-order chi connectivity index (χ0) is 30.4. The lowest BCUT2D eigenvalue weighted by atomic mass is 9.80. The Morgan fingerprint density at radius 1 is 0.886 bits per heavy atom. The lowest BCUT2D eigenvalue weighted by Crippen LogP contribution is -2.60. The molecule has 2 N–H and O–H groups in total. The zero-order valence-electron chi connectivity index (χ0n) is 25.0. The summed E-state index contributed by atoms with van der Waals surface area (Å²) in [4.78, 5) is 46.2. The third kappa shape index (κ3) is 6.86. The number of hydrogen-bond acceptors (Lipinski definition) is 9. The molecule has 1 aromatic heterocycles. The standard InChI is InChI=1S/C33H40N6O4S/c40-23-28(25-7-3-1-4-8-25)34-31(42)33(13-5-2-6-14-33)36-30(41)27-11-9-26(10-12-27)29-24-44-32(35-29)37-15-17-38(18-16-37)39-19-21-43-22-20-39/h1,3-4,7-12,23-24,28H,2,5-6,13-22H2,(H,34,42)(H,36,41)/t28-/m1/s1. The van der Waals surface area contributed by atoms with E-state index in [9.17, 15) is 14.4 Å². The predicted molar refractivity (Wildman–Crippen MR) is 170 cm³/mol. The van der Waals surface area contributed by atoms with Crippen LogP contribution in [0.15, 0.2) is 60.0 Å². The molecule has 3 aliphatic rings. The molecule has 44 heavy (non-hydrogen) atoms. The number of piperazine rings is 1. The number of morpholine rings is 1. The van der Waals surface area contributed by atoms with E-state index in [-0.39, 0.29) is 11.8 Å². The van der Waals surface area contributed by atoms with Crippen molar-refractivity contribution in [2.24, 2.45) is 0 Å². The number of hydrazine groups is 1. The van der Waals surface area contributed by atoms with E-state index in [1.165, 1.54) is 0 Å². The molecule has 6 rings (SSSR count). The molecule has 2 aliphatic heterocycles. The zero-order valence-corrected chi connectivity index (χ0v) is 25.8. The summed E-state index contributed by atoms with van der Waals surface area (Å²) in [6.45, 7) is 7.31. The minimum Gasteiger partial charge on any atom is -0.379 e. The molecule has 2 amide bonds. The summed E-state index contributed by atoms with van der Waals surface area (Å²) in [5, 5.41) is 13.9. The van der Waals surface area contributed by atoms with Crippen molar-refractivity contribution in [1.82, 2.24) is 25.6 Å². The maximum atomic E-state index is 13.6. The number of ether oxygens (including phenoxy) is 1. The number of carbonyl (C=O) groups excluding carboxylic acids is 3. The van der Waals surface area contributed by atoms with E-state index in [1.807, 2.05) is 42.5 Å². The summed E-state index contributed by atoms with van der Waals surface area (Å²) in [6.07, 6.45) is 4.47. The first-order valence-electron chi connectivity index (χ1n) is 15.6. The van der Waals surface area contributed by atoms with E-state index in [0.29, 0.717) is 24.0 Å². The van der Waals surface area contributed by atoms with Crippen molar-refractivity contribution < 1.29 is 19.1 Å². The van der Waals surface area contributed by atoms with Gasteiger partial charge in [-0.05, 0) is 30.5 Å². The third-order valence-electron chi connectivity index (χ3n) is 8.92. The van der Waals surface area contributed by atoms with Gasteiger partial charge < -0.3 is 25.1 Å². The number of aromatic nitrogens is 1. The molecule has 3 fully saturated rings. The summed E-state index contributed by atoms with van der Waals surface area (Å²) in [5.41, 5.74) is 1.97. The number of benzene rings is 2. The van der Waals surface area contributed by atoms with Crippen molar-refractivity contribution in [3.05, 3.63) is 71.1 Å². The van der Waals surface area contributed by atoms with Crippen molar-refractivity contribution in [2.45, 2.75) is 43.7 Å². The highest BCUT2D eigenvalue weighted by molar-refractivity contribution is 7.14. The maximum Gasteiger partial charge on any atom is 0.252 e. The molecule has 11 heteroatoms. The van der Waals surface area contributed by atoms with Gasteiger partial charge in [-0.25, -0.2) is 15.0 Å². The van der Waals surface area contributed by atoms with E-state index in [0.717, 1.165) is 94.4 Å². The highest BCUT2D eigenvalue weighted by Crippen LogP contribution is 2.31. The predicted octanol–water partition coefficient (Wildman–Crippen LogP) is 3.67. The highest BCUT2D eigenvalue weighted by atomic mass is 32.1. The molecular formula is C33H40N6O4S. The number of carbonyl (C=O) groups is 3. The van der Waals surface area contributed by atoms with Gasteiger partial charge in [0.15, 0.2) is 5.13 Å². The summed E-state index contributed by atoms with van der Waals surface area (Å²) >= 11 is 1.64. The number of nitrogens with one attached hydrogen (secondary N) is 2.